The van der Waals surface area contributed by atoms with Gasteiger partial charge in [0, 0.05) is 6.54 Å². The summed E-state index contributed by atoms with van der Waals surface area (Å²) in [4.78, 5) is 19.9. The van der Waals surface area contributed by atoms with Crippen molar-refractivity contribution in [3.8, 4) is 0 Å². The van der Waals surface area contributed by atoms with Gasteiger partial charge in [0.1, 0.15) is 25.0 Å². The van der Waals surface area contributed by atoms with Crippen molar-refractivity contribution in [2.75, 3.05) is 6.54 Å². The zero-order valence-corrected chi connectivity index (χ0v) is 18.1. The summed E-state index contributed by atoms with van der Waals surface area (Å²) in [5, 5.41) is 38.4. The van der Waals surface area contributed by atoms with Crippen molar-refractivity contribution in [3.05, 3.63) is 22.5 Å². The third kappa shape index (κ3) is 8.54. The number of oxime groups is 2. The number of hydrogen-bond acceptors (Lipinski definition) is 10. The molecule has 0 saturated carbocycles. The molecule has 0 spiro atoms. The Morgan fingerprint density at radius 1 is 1.38 bits per heavy atom. The molecule has 1 aromatic rings. The topological polar surface area (TPSA) is 159 Å². The van der Waals surface area contributed by atoms with Gasteiger partial charge in [-0.2, -0.15) is 5.48 Å². The summed E-state index contributed by atoms with van der Waals surface area (Å²) in [6.45, 7) is 13.1. The zero-order chi connectivity index (χ0) is 22.6. The molecule has 4 N–H and O–H groups in total. The van der Waals surface area contributed by atoms with Crippen LogP contribution in [-0.4, -0.2) is 60.5 Å². The van der Waals surface area contributed by atoms with Gasteiger partial charge in [-0.1, -0.05) is 29.1 Å². The molecule has 0 aliphatic rings. The van der Waals surface area contributed by atoms with Crippen LogP contribution >= 0.6 is 0 Å². The fourth-order valence-electron chi connectivity index (χ4n) is 1.97. The highest BCUT2D eigenvalue weighted by Gasteiger charge is 2.26. The second-order valence-electron chi connectivity index (χ2n) is 6.65. The van der Waals surface area contributed by atoms with Crippen LogP contribution in [0.1, 0.15) is 48.5 Å². The highest BCUT2D eigenvalue weighted by atomic mass is 16.7. The lowest BCUT2D eigenvalue weighted by molar-refractivity contribution is -0.397. The lowest BCUT2D eigenvalue weighted by atomic mass is 9.99. The van der Waals surface area contributed by atoms with Crippen molar-refractivity contribution in [2.45, 2.75) is 72.7 Å². The van der Waals surface area contributed by atoms with Gasteiger partial charge >= 0.3 is 5.95 Å². The van der Waals surface area contributed by atoms with Crippen molar-refractivity contribution in [1.29, 1.82) is 0 Å². The second-order valence-corrected chi connectivity index (χ2v) is 6.65. The Labute approximate surface area is 170 Å². The first kappa shape index (κ1) is 26.4. The van der Waals surface area contributed by atoms with Crippen LogP contribution in [0.15, 0.2) is 22.7 Å². The number of imidazole rings is 1. The van der Waals surface area contributed by atoms with Crippen LogP contribution in [0.4, 0.5) is 5.95 Å². The molecule has 0 radical (unpaired) electrons. The van der Waals surface area contributed by atoms with Crippen LogP contribution < -0.4 is 10.8 Å². The average molecular weight is 415 g/mol. The van der Waals surface area contributed by atoms with E-state index in [0.29, 0.717) is 11.4 Å². The van der Waals surface area contributed by atoms with Crippen molar-refractivity contribution < 1.29 is 20.2 Å². The maximum atomic E-state index is 11.1. The minimum absolute atomic E-state index is 0.143. The number of nitro groups is 1. The minimum Gasteiger partial charge on any atom is -0.411 e. The Hall–Kier alpha value is -2.57. The number of nitrogens with one attached hydrogen (secondary N) is 2. The molecule has 2 unspecified atom stereocenters. The lowest BCUT2D eigenvalue weighted by Gasteiger charge is -2.28. The average Bonchev–Trinajstić information content (AvgIpc) is 3.18. The van der Waals surface area contributed by atoms with E-state index in [1.54, 1.807) is 20.8 Å². The van der Waals surface area contributed by atoms with E-state index in [1.807, 2.05) is 27.7 Å². The first-order valence-electron chi connectivity index (χ1n) is 9.31. The highest BCUT2D eigenvalue weighted by Crippen LogP contribution is 2.11. The molecule has 0 aliphatic carbocycles. The Balaban J connectivity index is 0.00000379. The molecule has 0 saturated heterocycles. The van der Waals surface area contributed by atoms with Crippen molar-refractivity contribution in [3.63, 3.8) is 0 Å². The third-order valence-corrected chi connectivity index (χ3v) is 4.28. The van der Waals surface area contributed by atoms with Gasteiger partial charge in [-0.25, -0.2) is 4.57 Å². The summed E-state index contributed by atoms with van der Waals surface area (Å²) in [6, 6.07) is -0.371. The summed E-state index contributed by atoms with van der Waals surface area (Å²) in [5.74, 6) is -0.294. The maximum Gasteiger partial charge on any atom is 0.434 e. The number of hydrogen-bond donors (Lipinski definition) is 4. The summed E-state index contributed by atoms with van der Waals surface area (Å²) in [6.07, 6.45) is 2.29. The number of hydroxylamine groups is 1. The van der Waals surface area contributed by atoms with Crippen molar-refractivity contribution >= 4 is 17.4 Å². The zero-order valence-electron chi connectivity index (χ0n) is 18.1. The van der Waals surface area contributed by atoms with E-state index in [2.05, 4.69) is 26.1 Å². The van der Waals surface area contributed by atoms with E-state index in [9.17, 15) is 10.1 Å². The predicted molar refractivity (Wildman–Crippen MR) is 110 cm³/mol. The quantitative estimate of drug-likeness (QED) is 0.185. The third-order valence-electron chi connectivity index (χ3n) is 4.28. The SMILES string of the molecule is C/C(=N\O)C(C)NOC(CNC(C)(C)/C(C)=N/O)Cn1ccnc1[N+](=O)[O-].CC. The summed E-state index contributed by atoms with van der Waals surface area (Å²) >= 11 is 0. The van der Waals surface area contributed by atoms with E-state index in [4.69, 9.17) is 15.3 Å². The van der Waals surface area contributed by atoms with Crippen molar-refractivity contribution in [2.24, 2.45) is 10.3 Å². The Bertz CT molecular complexity index is 687. The molecule has 12 heteroatoms. The van der Waals surface area contributed by atoms with Gasteiger partial charge in [0.25, 0.3) is 0 Å². The van der Waals surface area contributed by atoms with Crippen LogP contribution in [-0.2, 0) is 11.4 Å². The Morgan fingerprint density at radius 3 is 2.52 bits per heavy atom. The van der Waals surface area contributed by atoms with Gasteiger partial charge in [-0.05, 0) is 39.5 Å². The summed E-state index contributed by atoms with van der Waals surface area (Å²) in [7, 11) is 0. The highest BCUT2D eigenvalue weighted by molar-refractivity contribution is 5.90. The molecule has 2 atom stereocenters. The monoisotopic (exact) mass is 415 g/mol. The Morgan fingerprint density at radius 2 is 2.00 bits per heavy atom. The van der Waals surface area contributed by atoms with E-state index in [-0.39, 0.29) is 25.1 Å². The van der Waals surface area contributed by atoms with Crippen LogP contribution in [0.2, 0.25) is 0 Å². The molecule has 1 rings (SSSR count). The van der Waals surface area contributed by atoms with Gasteiger partial charge in [0.2, 0.25) is 0 Å². The van der Waals surface area contributed by atoms with Crippen LogP contribution in [0.25, 0.3) is 0 Å². The fraction of sp³-hybridized carbons (Fsp3) is 0.706. The molecular formula is C17H33N7O5. The van der Waals surface area contributed by atoms with Gasteiger partial charge in [-0.15, -0.1) is 0 Å². The standard InChI is InChI=1S/C15H27N7O5.C2H6/c1-10(18-23)11(2)20-27-13(8-17-15(4,5)12(3)19-24)9-21-7-6-16-14(21)22(25)26;1-2/h6-7,11,13,17,20,23-24H,8-9H2,1-5H3;1-2H3/b18-10+,19-12+;. The van der Waals surface area contributed by atoms with Gasteiger partial charge < -0.3 is 25.8 Å². The lowest BCUT2D eigenvalue weighted by Crippen LogP contribution is -2.51. The first-order chi connectivity index (χ1) is 13.6. The first-order valence-corrected chi connectivity index (χ1v) is 9.31. The molecule has 166 valence electrons. The molecule has 0 aromatic carbocycles. The Kier molecular flexibility index (Phi) is 11.7. The number of rotatable bonds is 11. The fourth-order valence-corrected chi connectivity index (χ4v) is 1.97. The molecule has 1 aromatic heterocycles. The number of aromatic nitrogens is 2. The molecular weight excluding hydrogens is 382 g/mol. The van der Waals surface area contributed by atoms with E-state index in [1.165, 1.54) is 17.0 Å². The smallest absolute Gasteiger partial charge is 0.411 e. The van der Waals surface area contributed by atoms with Gasteiger partial charge in [0.15, 0.2) is 0 Å². The van der Waals surface area contributed by atoms with E-state index >= 15 is 0 Å². The molecule has 0 aliphatic heterocycles. The molecule has 12 nitrogen and oxygen atoms in total. The van der Waals surface area contributed by atoms with Gasteiger partial charge in [0.05, 0.1) is 23.0 Å². The van der Waals surface area contributed by atoms with E-state index in [0.717, 1.165) is 0 Å². The van der Waals surface area contributed by atoms with Crippen LogP contribution in [0, 0.1) is 10.1 Å². The van der Waals surface area contributed by atoms with Crippen LogP contribution in [0.3, 0.4) is 0 Å². The molecule has 0 bridgehead atoms. The van der Waals surface area contributed by atoms with Gasteiger partial charge in [-0.3, -0.25) is 4.84 Å². The molecule has 29 heavy (non-hydrogen) atoms. The normalized spacial score (nSPS) is 14.7. The second kappa shape index (κ2) is 12.8. The summed E-state index contributed by atoms with van der Waals surface area (Å²) in [5.41, 5.74) is 3.03. The molecule has 0 fully saturated rings. The minimum atomic E-state index is -0.620. The largest absolute Gasteiger partial charge is 0.434 e. The predicted octanol–water partition coefficient (Wildman–Crippen LogP) is 2.16. The van der Waals surface area contributed by atoms with Crippen molar-refractivity contribution in [1.82, 2.24) is 20.3 Å². The number of nitrogens with zero attached hydrogens (tertiary/aromatic N) is 5. The van der Waals surface area contributed by atoms with Crippen LogP contribution in [0.5, 0.6) is 0 Å². The maximum absolute atomic E-state index is 11.1. The molecule has 0 amide bonds. The van der Waals surface area contributed by atoms with E-state index < -0.39 is 16.6 Å². The summed E-state index contributed by atoms with van der Waals surface area (Å²) < 4.78 is 1.37. The molecule has 1 heterocycles.